The molecular formula is C20H15F3N2O5S. The minimum atomic E-state index is -4.82. The molecule has 0 aromatic heterocycles. The fourth-order valence-electron chi connectivity index (χ4n) is 2.48. The Kier molecular flexibility index (Phi) is 6.07. The maximum absolute atomic E-state index is 12.7. The molecule has 0 aliphatic heterocycles. The monoisotopic (exact) mass is 452 g/mol. The summed E-state index contributed by atoms with van der Waals surface area (Å²) < 4.78 is 73.9. The van der Waals surface area contributed by atoms with Crippen molar-refractivity contribution in [1.82, 2.24) is 0 Å². The Morgan fingerprint density at radius 3 is 2.03 bits per heavy atom. The molecule has 0 saturated heterocycles. The summed E-state index contributed by atoms with van der Waals surface area (Å²) in [7, 11) is -4.02. The number of rotatable bonds is 7. The number of para-hydroxylation sites is 2. The number of hydrogen-bond acceptors (Lipinski definition) is 5. The molecule has 31 heavy (non-hydrogen) atoms. The summed E-state index contributed by atoms with van der Waals surface area (Å²) >= 11 is 0. The third-order valence-electron chi connectivity index (χ3n) is 3.87. The van der Waals surface area contributed by atoms with Crippen molar-refractivity contribution in [1.29, 1.82) is 0 Å². The van der Waals surface area contributed by atoms with Crippen LogP contribution in [0, 0.1) is 0 Å². The molecule has 3 aromatic rings. The first-order valence-corrected chi connectivity index (χ1v) is 10.1. The number of carbonyl (C=O) groups is 1. The van der Waals surface area contributed by atoms with Gasteiger partial charge >= 0.3 is 6.36 Å². The molecule has 0 bridgehead atoms. The smallest absolute Gasteiger partial charge is 0.455 e. The molecule has 7 nitrogen and oxygen atoms in total. The Balaban J connectivity index is 1.79. The Labute approximate surface area is 175 Å². The van der Waals surface area contributed by atoms with Gasteiger partial charge in [0, 0.05) is 5.56 Å². The van der Waals surface area contributed by atoms with E-state index in [0.717, 1.165) is 12.1 Å². The zero-order valence-corrected chi connectivity index (χ0v) is 16.4. The summed E-state index contributed by atoms with van der Waals surface area (Å²) in [6.45, 7) is 0. The van der Waals surface area contributed by atoms with E-state index in [4.69, 9.17) is 10.5 Å². The van der Waals surface area contributed by atoms with Gasteiger partial charge in [-0.25, -0.2) is 8.42 Å². The number of hydrogen-bond donors (Lipinski definition) is 2. The normalized spacial score (nSPS) is 11.6. The van der Waals surface area contributed by atoms with Gasteiger partial charge in [0.2, 0.25) is 5.91 Å². The van der Waals surface area contributed by atoms with Crippen LogP contribution in [0.5, 0.6) is 17.2 Å². The SMILES string of the molecule is NC(=O)c1ccc(S(=O)(=O)Nc2ccccc2Oc2ccc(OC(F)(F)F)cc2)cc1. The summed E-state index contributed by atoms with van der Waals surface area (Å²) in [5, 5.41) is 0. The Morgan fingerprint density at radius 2 is 1.45 bits per heavy atom. The van der Waals surface area contributed by atoms with E-state index in [1.165, 1.54) is 48.5 Å². The average Bonchev–Trinajstić information content (AvgIpc) is 2.70. The number of halogens is 3. The van der Waals surface area contributed by atoms with E-state index in [9.17, 15) is 26.4 Å². The zero-order valence-electron chi connectivity index (χ0n) is 15.6. The van der Waals surface area contributed by atoms with E-state index in [1.807, 2.05) is 0 Å². The molecule has 0 heterocycles. The third-order valence-corrected chi connectivity index (χ3v) is 5.25. The van der Waals surface area contributed by atoms with E-state index in [2.05, 4.69) is 9.46 Å². The number of anilines is 1. The number of primary amides is 1. The van der Waals surface area contributed by atoms with Crippen LogP contribution in [-0.2, 0) is 10.0 Å². The number of ether oxygens (including phenoxy) is 2. The standard InChI is InChI=1S/C20H15F3N2O5S/c21-20(22,23)30-15-9-7-14(8-10-15)29-18-4-2-1-3-17(18)25-31(27,28)16-11-5-13(6-12-16)19(24)26/h1-12,25H,(H2,24,26). The van der Waals surface area contributed by atoms with Gasteiger partial charge in [-0.05, 0) is 60.7 Å². The number of alkyl halides is 3. The number of nitrogens with one attached hydrogen (secondary N) is 1. The molecule has 0 aliphatic rings. The second kappa shape index (κ2) is 8.56. The van der Waals surface area contributed by atoms with Gasteiger partial charge in [-0.15, -0.1) is 13.2 Å². The molecule has 11 heteroatoms. The molecule has 0 saturated carbocycles. The summed E-state index contributed by atoms with van der Waals surface area (Å²) in [5.74, 6) is -0.841. The lowest BCUT2D eigenvalue weighted by molar-refractivity contribution is -0.274. The van der Waals surface area contributed by atoms with Gasteiger partial charge in [-0.3, -0.25) is 9.52 Å². The largest absolute Gasteiger partial charge is 0.573 e. The van der Waals surface area contributed by atoms with Crippen LogP contribution in [-0.4, -0.2) is 20.7 Å². The predicted octanol–water partition coefficient (Wildman–Crippen LogP) is 4.28. The molecule has 0 aliphatic carbocycles. The van der Waals surface area contributed by atoms with Crippen LogP contribution >= 0.6 is 0 Å². The topological polar surface area (TPSA) is 108 Å². The highest BCUT2D eigenvalue weighted by molar-refractivity contribution is 7.92. The first-order valence-electron chi connectivity index (χ1n) is 8.59. The molecule has 3 N–H and O–H groups in total. The van der Waals surface area contributed by atoms with Crippen LogP contribution in [0.15, 0.2) is 77.7 Å². The van der Waals surface area contributed by atoms with Crippen LogP contribution in [0.4, 0.5) is 18.9 Å². The molecule has 0 radical (unpaired) electrons. The number of benzene rings is 3. The predicted molar refractivity (Wildman–Crippen MR) is 105 cm³/mol. The van der Waals surface area contributed by atoms with Gasteiger partial charge in [-0.1, -0.05) is 12.1 Å². The van der Waals surface area contributed by atoms with Crippen molar-refractivity contribution in [2.45, 2.75) is 11.3 Å². The van der Waals surface area contributed by atoms with E-state index in [1.54, 1.807) is 12.1 Å². The van der Waals surface area contributed by atoms with Crippen molar-refractivity contribution in [3.63, 3.8) is 0 Å². The molecule has 0 atom stereocenters. The Bertz CT molecular complexity index is 1180. The van der Waals surface area contributed by atoms with Crippen LogP contribution in [0.2, 0.25) is 0 Å². The number of sulfonamides is 1. The molecule has 3 rings (SSSR count). The molecule has 0 fully saturated rings. The quantitative estimate of drug-likeness (QED) is 0.557. The lowest BCUT2D eigenvalue weighted by Gasteiger charge is -2.14. The highest BCUT2D eigenvalue weighted by Gasteiger charge is 2.31. The van der Waals surface area contributed by atoms with Gasteiger partial charge in [0.05, 0.1) is 10.6 Å². The van der Waals surface area contributed by atoms with Crippen molar-refractivity contribution in [3.05, 3.63) is 78.4 Å². The first-order chi connectivity index (χ1) is 14.5. The molecule has 1 amide bonds. The Morgan fingerprint density at radius 1 is 0.871 bits per heavy atom. The van der Waals surface area contributed by atoms with E-state index < -0.39 is 28.0 Å². The average molecular weight is 452 g/mol. The lowest BCUT2D eigenvalue weighted by atomic mass is 10.2. The lowest BCUT2D eigenvalue weighted by Crippen LogP contribution is -2.16. The maximum Gasteiger partial charge on any atom is 0.573 e. The fraction of sp³-hybridized carbons (Fsp3) is 0.0500. The summed E-state index contributed by atoms with van der Waals surface area (Å²) in [4.78, 5) is 11.0. The summed E-state index contributed by atoms with van der Waals surface area (Å²) in [6.07, 6.45) is -4.82. The highest BCUT2D eigenvalue weighted by Crippen LogP contribution is 2.32. The number of nitrogens with two attached hydrogens (primary N) is 1. The first kappa shape index (κ1) is 22.0. The summed E-state index contributed by atoms with van der Waals surface area (Å²) in [5.41, 5.74) is 5.39. The summed E-state index contributed by atoms with van der Waals surface area (Å²) in [6, 6.07) is 15.7. The van der Waals surface area contributed by atoms with Crippen molar-refractivity contribution in [2.75, 3.05) is 4.72 Å². The zero-order chi connectivity index (χ0) is 22.6. The van der Waals surface area contributed by atoms with Crippen LogP contribution in [0.1, 0.15) is 10.4 Å². The minimum absolute atomic E-state index is 0.0945. The molecular weight excluding hydrogens is 437 g/mol. The van der Waals surface area contributed by atoms with Crippen LogP contribution in [0.25, 0.3) is 0 Å². The molecule has 0 unspecified atom stereocenters. The molecule has 3 aromatic carbocycles. The van der Waals surface area contributed by atoms with Crippen molar-refractivity contribution >= 4 is 21.6 Å². The minimum Gasteiger partial charge on any atom is -0.455 e. The van der Waals surface area contributed by atoms with Gasteiger partial charge in [0.25, 0.3) is 10.0 Å². The van der Waals surface area contributed by atoms with Gasteiger partial charge in [-0.2, -0.15) is 0 Å². The van der Waals surface area contributed by atoms with Gasteiger partial charge < -0.3 is 15.2 Å². The van der Waals surface area contributed by atoms with Crippen LogP contribution in [0.3, 0.4) is 0 Å². The number of amides is 1. The molecule has 0 spiro atoms. The molecule has 162 valence electrons. The Hall–Kier alpha value is -3.73. The maximum atomic E-state index is 12.7. The van der Waals surface area contributed by atoms with Crippen molar-refractivity contribution in [3.8, 4) is 17.2 Å². The van der Waals surface area contributed by atoms with Crippen molar-refractivity contribution in [2.24, 2.45) is 5.73 Å². The highest BCUT2D eigenvalue weighted by atomic mass is 32.2. The van der Waals surface area contributed by atoms with E-state index in [-0.39, 0.29) is 27.6 Å². The second-order valence-electron chi connectivity index (χ2n) is 6.11. The third kappa shape index (κ3) is 5.89. The fourth-order valence-corrected chi connectivity index (χ4v) is 3.55. The van der Waals surface area contributed by atoms with E-state index in [0.29, 0.717) is 0 Å². The van der Waals surface area contributed by atoms with Crippen molar-refractivity contribution < 1.29 is 35.9 Å². The van der Waals surface area contributed by atoms with Gasteiger partial charge in [0.1, 0.15) is 11.5 Å². The van der Waals surface area contributed by atoms with E-state index >= 15 is 0 Å². The van der Waals surface area contributed by atoms with Crippen LogP contribution < -0.4 is 19.9 Å². The van der Waals surface area contributed by atoms with Gasteiger partial charge in [0.15, 0.2) is 5.75 Å². The number of carbonyl (C=O) groups excluding carboxylic acids is 1. The second-order valence-corrected chi connectivity index (χ2v) is 7.79.